The van der Waals surface area contributed by atoms with Crippen LogP contribution < -0.4 is 10.3 Å². The summed E-state index contributed by atoms with van der Waals surface area (Å²) in [5.74, 6) is 2.32. The van der Waals surface area contributed by atoms with Crippen LogP contribution in [0.5, 0.6) is 5.75 Å². The van der Waals surface area contributed by atoms with Gasteiger partial charge in [-0.15, -0.1) is 0 Å². The molecule has 38 heavy (non-hydrogen) atoms. The van der Waals surface area contributed by atoms with Crippen LogP contribution in [0.1, 0.15) is 25.0 Å². The number of imidazole rings is 1. The molecule has 9 nitrogen and oxygen atoms in total. The Balaban J connectivity index is 1.21. The third kappa shape index (κ3) is 4.51. The third-order valence-corrected chi connectivity index (χ3v) is 7.03. The molecule has 0 atom stereocenters. The summed E-state index contributed by atoms with van der Waals surface area (Å²) in [4.78, 5) is 29.0. The molecule has 2 aromatic carbocycles. The summed E-state index contributed by atoms with van der Waals surface area (Å²) >= 11 is 0. The Bertz CT molecular complexity index is 1720. The fourth-order valence-electron chi connectivity index (χ4n) is 4.84. The van der Waals surface area contributed by atoms with Crippen LogP contribution in [-0.2, 0) is 6.54 Å². The highest BCUT2D eigenvalue weighted by Crippen LogP contribution is 2.22. The molecule has 1 aliphatic heterocycles. The Kier molecular flexibility index (Phi) is 6.10. The van der Waals surface area contributed by atoms with Crippen LogP contribution >= 0.6 is 0 Å². The monoisotopic (exact) mass is 505 g/mol. The van der Waals surface area contributed by atoms with Gasteiger partial charge in [-0.3, -0.25) is 13.8 Å². The first kappa shape index (κ1) is 23.8. The number of benzene rings is 2. The minimum atomic E-state index is -0.153. The van der Waals surface area contributed by atoms with Crippen molar-refractivity contribution in [2.24, 2.45) is 5.92 Å². The third-order valence-electron chi connectivity index (χ3n) is 7.03. The predicted octanol–water partition coefficient (Wildman–Crippen LogP) is 3.75. The van der Waals surface area contributed by atoms with E-state index in [0.29, 0.717) is 48.0 Å². The predicted molar refractivity (Wildman–Crippen MR) is 144 cm³/mol. The molecule has 6 rings (SSSR count). The van der Waals surface area contributed by atoms with Crippen molar-refractivity contribution in [3.05, 3.63) is 88.6 Å². The molecule has 0 spiro atoms. The van der Waals surface area contributed by atoms with Gasteiger partial charge in [-0.05, 0) is 43.7 Å². The number of nitrogens with zero attached hydrogens (tertiary/aromatic N) is 7. The number of hydrogen-bond acceptors (Lipinski definition) is 7. The molecule has 0 bridgehead atoms. The lowest BCUT2D eigenvalue weighted by atomic mass is 9.99. The lowest BCUT2D eigenvalue weighted by Gasteiger charge is -2.41. The molecule has 190 valence electrons. The quantitative estimate of drug-likeness (QED) is 0.332. The van der Waals surface area contributed by atoms with Crippen molar-refractivity contribution in [3.8, 4) is 23.2 Å². The normalized spacial score (nSPS) is 14.2. The van der Waals surface area contributed by atoms with Gasteiger partial charge in [0.25, 0.3) is 5.56 Å². The van der Waals surface area contributed by atoms with E-state index < -0.39 is 0 Å². The van der Waals surface area contributed by atoms with Crippen molar-refractivity contribution in [2.75, 3.05) is 19.7 Å². The smallest absolute Gasteiger partial charge is 0.255 e. The van der Waals surface area contributed by atoms with E-state index in [1.54, 1.807) is 41.4 Å². The Hall–Kier alpha value is -4.55. The van der Waals surface area contributed by atoms with Gasteiger partial charge in [0.2, 0.25) is 5.78 Å². The molecule has 0 N–H and O–H groups in total. The SMILES string of the molecule is CC(C)N1CC(COc2cnc(-c3cccc(Cn4c(=O)ccn5c6cc(C#N)ccc6nc45)c3)nc2)C1. The number of nitriles is 1. The van der Waals surface area contributed by atoms with Crippen LogP contribution in [0.2, 0.25) is 0 Å². The zero-order chi connectivity index (χ0) is 26.2. The summed E-state index contributed by atoms with van der Waals surface area (Å²) in [6.07, 6.45) is 5.12. The molecule has 0 radical (unpaired) electrons. The summed E-state index contributed by atoms with van der Waals surface area (Å²) in [6.45, 7) is 7.56. The molecule has 1 aliphatic rings. The number of hydrogen-bond donors (Lipinski definition) is 0. The molecular weight excluding hydrogens is 478 g/mol. The maximum absolute atomic E-state index is 12.8. The average Bonchev–Trinajstić information content (AvgIpc) is 3.28. The molecular formula is C29H27N7O2. The van der Waals surface area contributed by atoms with E-state index in [1.165, 1.54) is 6.07 Å². The van der Waals surface area contributed by atoms with Crippen molar-refractivity contribution >= 4 is 16.8 Å². The molecule has 3 aromatic heterocycles. The lowest BCUT2D eigenvalue weighted by Crippen LogP contribution is -2.52. The van der Waals surface area contributed by atoms with E-state index >= 15 is 0 Å². The fourth-order valence-corrected chi connectivity index (χ4v) is 4.84. The van der Waals surface area contributed by atoms with Gasteiger partial charge in [0.15, 0.2) is 11.6 Å². The molecule has 9 heteroatoms. The zero-order valence-corrected chi connectivity index (χ0v) is 21.3. The van der Waals surface area contributed by atoms with Gasteiger partial charge < -0.3 is 9.64 Å². The number of fused-ring (bicyclic) bond motifs is 3. The van der Waals surface area contributed by atoms with Gasteiger partial charge in [0, 0.05) is 42.9 Å². The number of aromatic nitrogens is 5. The van der Waals surface area contributed by atoms with Crippen molar-refractivity contribution in [2.45, 2.75) is 26.4 Å². The van der Waals surface area contributed by atoms with E-state index in [1.807, 2.05) is 28.7 Å². The van der Waals surface area contributed by atoms with Gasteiger partial charge in [0.1, 0.15) is 0 Å². The van der Waals surface area contributed by atoms with E-state index in [-0.39, 0.29) is 5.56 Å². The minimum absolute atomic E-state index is 0.153. The zero-order valence-electron chi connectivity index (χ0n) is 21.3. The van der Waals surface area contributed by atoms with E-state index in [0.717, 1.165) is 35.2 Å². The van der Waals surface area contributed by atoms with Gasteiger partial charge in [-0.1, -0.05) is 18.2 Å². The minimum Gasteiger partial charge on any atom is -0.490 e. The Morgan fingerprint density at radius 2 is 1.92 bits per heavy atom. The molecule has 4 heterocycles. The first-order valence-electron chi connectivity index (χ1n) is 12.7. The Labute approximate surface area is 219 Å². The molecule has 0 unspecified atom stereocenters. The second-order valence-corrected chi connectivity index (χ2v) is 10.0. The summed E-state index contributed by atoms with van der Waals surface area (Å²) in [5, 5.41) is 9.27. The molecule has 0 amide bonds. The fraction of sp³-hybridized carbons (Fsp3) is 0.276. The molecule has 1 saturated heterocycles. The van der Waals surface area contributed by atoms with E-state index in [2.05, 4.69) is 39.8 Å². The van der Waals surface area contributed by atoms with Crippen LogP contribution in [0.3, 0.4) is 0 Å². The van der Waals surface area contributed by atoms with E-state index in [4.69, 9.17) is 4.74 Å². The van der Waals surface area contributed by atoms with E-state index in [9.17, 15) is 10.1 Å². The maximum Gasteiger partial charge on any atom is 0.255 e. The molecule has 0 saturated carbocycles. The van der Waals surface area contributed by atoms with Gasteiger partial charge in [0.05, 0.1) is 48.2 Å². The second-order valence-electron chi connectivity index (χ2n) is 10.0. The summed E-state index contributed by atoms with van der Waals surface area (Å²) < 4.78 is 9.38. The first-order valence-corrected chi connectivity index (χ1v) is 12.7. The maximum atomic E-state index is 12.8. The highest BCUT2D eigenvalue weighted by Gasteiger charge is 2.28. The first-order chi connectivity index (χ1) is 18.5. The topological polar surface area (TPSA) is 101 Å². The highest BCUT2D eigenvalue weighted by atomic mass is 16.5. The lowest BCUT2D eigenvalue weighted by molar-refractivity contribution is 0.0373. The van der Waals surface area contributed by atoms with Gasteiger partial charge in [-0.25, -0.2) is 15.0 Å². The van der Waals surface area contributed by atoms with Crippen LogP contribution in [0, 0.1) is 17.2 Å². The van der Waals surface area contributed by atoms with Crippen molar-refractivity contribution in [1.82, 2.24) is 28.8 Å². The summed E-state index contributed by atoms with van der Waals surface area (Å²) in [5.41, 5.74) is 3.68. The van der Waals surface area contributed by atoms with Crippen LogP contribution in [0.4, 0.5) is 0 Å². The molecule has 0 aliphatic carbocycles. The molecule has 5 aromatic rings. The van der Waals surface area contributed by atoms with Crippen LogP contribution in [-0.4, -0.2) is 54.6 Å². The average molecular weight is 506 g/mol. The van der Waals surface area contributed by atoms with Crippen molar-refractivity contribution in [1.29, 1.82) is 5.26 Å². The summed E-state index contributed by atoms with van der Waals surface area (Å²) in [6, 6.07) is 17.4. The molecule has 1 fully saturated rings. The van der Waals surface area contributed by atoms with Crippen molar-refractivity contribution < 1.29 is 4.74 Å². The number of rotatable bonds is 7. The van der Waals surface area contributed by atoms with Crippen LogP contribution in [0.25, 0.3) is 28.2 Å². The highest BCUT2D eigenvalue weighted by molar-refractivity contribution is 5.81. The van der Waals surface area contributed by atoms with Crippen LogP contribution in [0.15, 0.2) is 71.9 Å². The summed E-state index contributed by atoms with van der Waals surface area (Å²) in [7, 11) is 0. The largest absolute Gasteiger partial charge is 0.490 e. The van der Waals surface area contributed by atoms with Gasteiger partial charge in [-0.2, -0.15) is 5.26 Å². The number of ether oxygens (including phenoxy) is 1. The second kappa shape index (κ2) is 9.72. The van der Waals surface area contributed by atoms with Gasteiger partial charge >= 0.3 is 0 Å². The van der Waals surface area contributed by atoms with Crippen molar-refractivity contribution in [3.63, 3.8) is 0 Å². The Morgan fingerprint density at radius 1 is 1.11 bits per heavy atom. The Morgan fingerprint density at radius 3 is 2.68 bits per heavy atom. The number of likely N-dealkylation sites (tertiary alicyclic amines) is 1. The standard InChI is InChI=1S/C29H27N7O2/c1-19(2)34-15-22(16-34)18-38-24-13-31-28(32-14-24)23-5-3-4-21(10-23)17-36-27(37)8-9-35-26-11-20(12-30)6-7-25(26)33-29(35)36/h3-11,13-14,19,22H,15-18H2,1-2H3.